The van der Waals surface area contributed by atoms with E-state index in [1.165, 1.54) is 0 Å². The SMILES string of the molecule is COCc1cccc(C2(N)CC(F)(F)C2)c1. The quantitative estimate of drug-likeness (QED) is 0.860. The molecule has 0 atom stereocenters. The Labute approximate surface area is 93.4 Å². The van der Waals surface area contributed by atoms with Gasteiger partial charge in [-0.2, -0.15) is 0 Å². The van der Waals surface area contributed by atoms with E-state index in [1.807, 2.05) is 18.2 Å². The zero-order valence-corrected chi connectivity index (χ0v) is 9.17. The average Bonchev–Trinajstić information content (AvgIpc) is 2.15. The highest BCUT2D eigenvalue weighted by Crippen LogP contribution is 2.49. The van der Waals surface area contributed by atoms with Gasteiger partial charge in [0.25, 0.3) is 5.92 Å². The molecule has 4 heteroatoms. The van der Waals surface area contributed by atoms with Gasteiger partial charge in [0.2, 0.25) is 0 Å². The highest BCUT2D eigenvalue weighted by Gasteiger charge is 2.55. The molecule has 1 aliphatic carbocycles. The van der Waals surface area contributed by atoms with Gasteiger partial charge in [-0.05, 0) is 11.1 Å². The van der Waals surface area contributed by atoms with Crippen LogP contribution < -0.4 is 5.73 Å². The molecule has 0 spiro atoms. The van der Waals surface area contributed by atoms with Crippen molar-refractivity contribution < 1.29 is 13.5 Å². The van der Waals surface area contributed by atoms with Crippen LogP contribution in [-0.2, 0) is 16.9 Å². The van der Waals surface area contributed by atoms with Gasteiger partial charge in [0.1, 0.15) is 0 Å². The molecular weight excluding hydrogens is 212 g/mol. The number of halogens is 2. The average molecular weight is 227 g/mol. The van der Waals surface area contributed by atoms with Crippen LogP contribution >= 0.6 is 0 Å². The highest BCUT2D eigenvalue weighted by atomic mass is 19.3. The first-order valence-corrected chi connectivity index (χ1v) is 5.20. The number of ether oxygens (including phenoxy) is 1. The minimum atomic E-state index is -2.61. The maximum absolute atomic E-state index is 12.9. The van der Waals surface area contributed by atoms with E-state index < -0.39 is 11.5 Å². The summed E-state index contributed by atoms with van der Waals surface area (Å²) in [5.74, 6) is -2.61. The van der Waals surface area contributed by atoms with Crippen LogP contribution in [0.25, 0.3) is 0 Å². The Balaban J connectivity index is 2.18. The number of rotatable bonds is 3. The van der Waals surface area contributed by atoms with Crippen LogP contribution in [0.15, 0.2) is 24.3 Å². The molecule has 0 aliphatic heterocycles. The summed E-state index contributed by atoms with van der Waals surface area (Å²) in [6.45, 7) is 0.473. The van der Waals surface area contributed by atoms with Crippen molar-refractivity contribution >= 4 is 0 Å². The van der Waals surface area contributed by atoms with Gasteiger partial charge < -0.3 is 10.5 Å². The minimum Gasteiger partial charge on any atom is -0.380 e. The van der Waals surface area contributed by atoms with E-state index in [4.69, 9.17) is 10.5 Å². The first kappa shape index (κ1) is 11.5. The van der Waals surface area contributed by atoms with E-state index in [0.717, 1.165) is 11.1 Å². The number of hydrogen-bond acceptors (Lipinski definition) is 2. The topological polar surface area (TPSA) is 35.2 Å². The predicted octanol–water partition coefficient (Wildman–Crippen LogP) is 2.42. The third-order valence-corrected chi connectivity index (χ3v) is 2.96. The van der Waals surface area contributed by atoms with Crippen LogP contribution in [0.5, 0.6) is 0 Å². The van der Waals surface area contributed by atoms with Gasteiger partial charge >= 0.3 is 0 Å². The summed E-state index contributed by atoms with van der Waals surface area (Å²) in [5.41, 5.74) is 6.81. The van der Waals surface area contributed by atoms with Crippen LogP contribution in [0.3, 0.4) is 0 Å². The van der Waals surface area contributed by atoms with Crippen molar-refractivity contribution in [3.8, 4) is 0 Å². The van der Waals surface area contributed by atoms with E-state index in [-0.39, 0.29) is 12.8 Å². The van der Waals surface area contributed by atoms with Crippen molar-refractivity contribution in [2.75, 3.05) is 7.11 Å². The molecule has 1 saturated carbocycles. The van der Waals surface area contributed by atoms with Crippen molar-refractivity contribution in [1.82, 2.24) is 0 Å². The molecule has 88 valence electrons. The summed E-state index contributed by atoms with van der Waals surface area (Å²) in [4.78, 5) is 0. The minimum absolute atomic E-state index is 0.267. The summed E-state index contributed by atoms with van der Waals surface area (Å²) >= 11 is 0. The normalized spacial score (nSPS) is 21.5. The molecule has 1 aromatic carbocycles. The monoisotopic (exact) mass is 227 g/mol. The molecule has 1 fully saturated rings. The molecule has 2 rings (SSSR count). The Kier molecular flexibility index (Phi) is 2.72. The molecule has 0 bridgehead atoms. The molecule has 0 saturated heterocycles. The molecule has 0 heterocycles. The van der Waals surface area contributed by atoms with Crippen LogP contribution in [0.4, 0.5) is 8.78 Å². The Hall–Kier alpha value is -1.00. The molecule has 1 aliphatic rings. The molecule has 0 amide bonds. The van der Waals surface area contributed by atoms with Crippen molar-refractivity contribution in [2.24, 2.45) is 5.73 Å². The summed E-state index contributed by atoms with van der Waals surface area (Å²) < 4.78 is 30.7. The van der Waals surface area contributed by atoms with Gasteiger partial charge in [-0.25, -0.2) is 8.78 Å². The van der Waals surface area contributed by atoms with Gasteiger partial charge in [-0.3, -0.25) is 0 Å². The van der Waals surface area contributed by atoms with Crippen LogP contribution in [0.2, 0.25) is 0 Å². The molecule has 2 N–H and O–H groups in total. The smallest absolute Gasteiger partial charge is 0.252 e. The number of benzene rings is 1. The fraction of sp³-hybridized carbons (Fsp3) is 0.500. The lowest BCUT2D eigenvalue weighted by atomic mass is 9.69. The van der Waals surface area contributed by atoms with Gasteiger partial charge in [0.15, 0.2) is 0 Å². The molecule has 0 unspecified atom stereocenters. The van der Waals surface area contributed by atoms with Crippen molar-refractivity contribution in [3.05, 3.63) is 35.4 Å². The van der Waals surface area contributed by atoms with E-state index in [0.29, 0.717) is 6.61 Å². The largest absolute Gasteiger partial charge is 0.380 e. The van der Waals surface area contributed by atoms with E-state index in [1.54, 1.807) is 13.2 Å². The van der Waals surface area contributed by atoms with Gasteiger partial charge in [0, 0.05) is 20.0 Å². The maximum atomic E-state index is 12.9. The first-order chi connectivity index (χ1) is 7.45. The third kappa shape index (κ3) is 2.08. The Morgan fingerprint density at radius 2 is 2.06 bits per heavy atom. The lowest BCUT2D eigenvalue weighted by Crippen LogP contribution is -2.55. The standard InChI is InChI=1S/C12H15F2NO/c1-16-6-9-3-2-4-10(5-9)11(15)7-12(13,14)8-11/h2-5H,6-8,15H2,1H3. The van der Waals surface area contributed by atoms with Gasteiger partial charge in [-0.15, -0.1) is 0 Å². The van der Waals surface area contributed by atoms with Crippen molar-refractivity contribution in [2.45, 2.75) is 30.9 Å². The van der Waals surface area contributed by atoms with Crippen LogP contribution in [-0.4, -0.2) is 13.0 Å². The van der Waals surface area contributed by atoms with Crippen LogP contribution in [0, 0.1) is 0 Å². The second kappa shape index (κ2) is 3.79. The van der Waals surface area contributed by atoms with E-state index in [2.05, 4.69) is 0 Å². The summed E-state index contributed by atoms with van der Waals surface area (Å²) in [7, 11) is 1.60. The molecule has 2 nitrogen and oxygen atoms in total. The fourth-order valence-corrected chi connectivity index (χ4v) is 2.21. The predicted molar refractivity (Wildman–Crippen MR) is 57.2 cm³/mol. The zero-order valence-electron chi connectivity index (χ0n) is 9.17. The van der Waals surface area contributed by atoms with Gasteiger partial charge in [0.05, 0.1) is 12.1 Å². The number of nitrogens with two attached hydrogens (primary N) is 1. The van der Waals surface area contributed by atoms with Crippen molar-refractivity contribution in [1.29, 1.82) is 0 Å². The van der Waals surface area contributed by atoms with Crippen molar-refractivity contribution in [3.63, 3.8) is 0 Å². The first-order valence-electron chi connectivity index (χ1n) is 5.20. The van der Waals surface area contributed by atoms with E-state index >= 15 is 0 Å². The zero-order chi connectivity index (χ0) is 11.8. The summed E-state index contributed by atoms with van der Waals surface area (Å²) in [6, 6.07) is 7.37. The van der Waals surface area contributed by atoms with E-state index in [9.17, 15) is 8.78 Å². The molecule has 16 heavy (non-hydrogen) atoms. The third-order valence-electron chi connectivity index (χ3n) is 2.96. The lowest BCUT2D eigenvalue weighted by Gasteiger charge is -2.45. The number of alkyl halides is 2. The Morgan fingerprint density at radius 3 is 2.62 bits per heavy atom. The molecule has 1 aromatic rings. The number of hydrogen-bond donors (Lipinski definition) is 1. The fourth-order valence-electron chi connectivity index (χ4n) is 2.21. The molecule has 0 radical (unpaired) electrons. The van der Waals surface area contributed by atoms with Crippen LogP contribution in [0.1, 0.15) is 24.0 Å². The highest BCUT2D eigenvalue weighted by molar-refractivity contribution is 5.32. The summed E-state index contributed by atoms with van der Waals surface area (Å²) in [5, 5.41) is 0. The Bertz CT molecular complexity index is 384. The second-order valence-corrected chi connectivity index (χ2v) is 4.50. The maximum Gasteiger partial charge on any atom is 0.252 e. The second-order valence-electron chi connectivity index (χ2n) is 4.50. The van der Waals surface area contributed by atoms with Gasteiger partial charge in [-0.1, -0.05) is 24.3 Å². The molecular formula is C12H15F2NO. The number of methoxy groups -OCH3 is 1. The summed E-state index contributed by atoms with van der Waals surface area (Å²) in [6.07, 6.45) is -0.535. The Morgan fingerprint density at radius 1 is 1.38 bits per heavy atom. The lowest BCUT2D eigenvalue weighted by molar-refractivity contribution is -0.125. The molecule has 0 aromatic heterocycles.